The summed E-state index contributed by atoms with van der Waals surface area (Å²) in [5.74, 6) is -0.664. The molecule has 0 radical (unpaired) electrons. The van der Waals surface area contributed by atoms with Crippen LogP contribution in [0.15, 0.2) is 79.4 Å². The Balaban J connectivity index is 1.25. The number of rotatable bonds is 15. The van der Waals surface area contributed by atoms with Crippen LogP contribution < -0.4 is 15.0 Å². The van der Waals surface area contributed by atoms with E-state index in [1.54, 1.807) is 36.8 Å². The van der Waals surface area contributed by atoms with Gasteiger partial charge in [0.05, 0.1) is 26.2 Å². The number of hydroxylamine groups is 1. The molecule has 1 aromatic heterocycles. The molecular weight excluding hydrogens is 548 g/mol. The average molecular weight is 582 g/mol. The summed E-state index contributed by atoms with van der Waals surface area (Å²) in [7, 11) is 1.80. The zero-order chi connectivity index (χ0) is 30.0. The third kappa shape index (κ3) is 8.80. The largest absolute Gasteiger partial charge is 0.493 e. The number of likely N-dealkylation sites (N-methyl/N-ethyl adjacent to an activating group) is 1. The van der Waals surface area contributed by atoms with Crippen LogP contribution in [0.4, 0.5) is 8.78 Å². The van der Waals surface area contributed by atoms with E-state index in [9.17, 15) is 18.7 Å². The highest BCUT2D eigenvalue weighted by molar-refractivity contribution is 5.77. The molecule has 0 aliphatic heterocycles. The number of nitrogens with one attached hydrogen (secondary N) is 1. The van der Waals surface area contributed by atoms with Crippen LogP contribution in [-0.2, 0) is 29.9 Å². The molecular formula is C30H33F2N5O5. The second-order valence-corrected chi connectivity index (χ2v) is 9.97. The second-order valence-electron chi connectivity index (χ2n) is 9.97. The predicted molar refractivity (Wildman–Crippen MR) is 149 cm³/mol. The molecule has 1 amide bonds. The number of amides is 1. The number of aliphatic hydroxyl groups is 1. The fourth-order valence-electron chi connectivity index (χ4n) is 4.54. The van der Waals surface area contributed by atoms with Gasteiger partial charge in [-0.25, -0.2) is 23.9 Å². The number of nitrogens with zero attached hydrogens (tertiary/aromatic N) is 4. The standard InChI is InChI=1S/C30H33F2N5O5/c1-36(18-30(39,19-37-21-33-20-34-37)27-12-7-24(31)16-28(27)32)17-23-5-10-26(11-6-23)42-14-2-13-41-25-8-3-22(4-9-25)15-29(38)35-40/h3-12,16,20-21,39-40H,2,13-15,17-19H2,1H3,(H,35,38). The van der Waals surface area contributed by atoms with Gasteiger partial charge in [-0.05, 0) is 48.5 Å². The maximum Gasteiger partial charge on any atom is 0.247 e. The first-order valence-electron chi connectivity index (χ1n) is 13.3. The van der Waals surface area contributed by atoms with Crippen LogP contribution in [0.3, 0.4) is 0 Å². The molecule has 3 aromatic carbocycles. The van der Waals surface area contributed by atoms with E-state index in [2.05, 4.69) is 10.1 Å². The van der Waals surface area contributed by atoms with E-state index in [0.29, 0.717) is 37.7 Å². The third-order valence-corrected chi connectivity index (χ3v) is 6.47. The summed E-state index contributed by atoms with van der Waals surface area (Å²) in [4.78, 5) is 17.0. The molecule has 12 heteroatoms. The normalized spacial score (nSPS) is 12.6. The van der Waals surface area contributed by atoms with Crippen molar-refractivity contribution in [3.8, 4) is 11.5 Å². The van der Waals surface area contributed by atoms with Crippen LogP contribution in [-0.4, -0.2) is 62.7 Å². The first-order chi connectivity index (χ1) is 20.2. The van der Waals surface area contributed by atoms with Crippen molar-refractivity contribution in [1.29, 1.82) is 0 Å². The van der Waals surface area contributed by atoms with E-state index in [4.69, 9.17) is 14.7 Å². The summed E-state index contributed by atoms with van der Waals surface area (Å²) in [5, 5.41) is 24.2. The highest BCUT2D eigenvalue weighted by Crippen LogP contribution is 2.28. The summed E-state index contributed by atoms with van der Waals surface area (Å²) in [5.41, 5.74) is 1.60. The minimum absolute atomic E-state index is 0.0249. The summed E-state index contributed by atoms with van der Waals surface area (Å²) < 4.78 is 41.2. The smallest absolute Gasteiger partial charge is 0.247 e. The molecule has 3 N–H and O–H groups in total. The molecule has 1 heterocycles. The van der Waals surface area contributed by atoms with Gasteiger partial charge in [-0.15, -0.1) is 0 Å². The fraction of sp³-hybridized carbons (Fsp3) is 0.300. The SMILES string of the molecule is CN(Cc1ccc(OCCCOc2ccc(CC(=O)NO)cc2)cc1)CC(O)(Cn1cncn1)c1ccc(F)cc1F. The van der Waals surface area contributed by atoms with Gasteiger partial charge in [0, 0.05) is 31.1 Å². The molecule has 4 aromatic rings. The van der Waals surface area contributed by atoms with Gasteiger partial charge in [0.1, 0.15) is 41.4 Å². The number of hydrogen-bond acceptors (Lipinski definition) is 8. The predicted octanol–water partition coefficient (Wildman–Crippen LogP) is 3.47. The molecule has 0 bridgehead atoms. The Morgan fingerprint density at radius 1 is 1.00 bits per heavy atom. The number of carbonyl (C=O) groups is 1. The van der Waals surface area contributed by atoms with Crippen LogP contribution in [0.25, 0.3) is 0 Å². The lowest BCUT2D eigenvalue weighted by Gasteiger charge is -2.33. The summed E-state index contributed by atoms with van der Waals surface area (Å²) in [6, 6.07) is 17.7. The topological polar surface area (TPSA) is 122 Å². The van der Waals surface area contributed by atoms with Gasteiger partial charge in [-0.1, -0.05) is 30.3 Å². The van der Waals surface area contributed by atoms with Gasteiger partial charge in [0.2, 0.25) is 5.91 Å². The van der Waals surface area contributed by atoms with Crippen LogP contribution in [0.2, 0.25) is 0 Å². The Kier molecular flexibility index (Phi) is 10.5. The minimum Gasteiger partial charge on any atom is -0.493 e. The molecule has 42 heavy (non-hydrogen) atoms. The molecule has 222 valence electrons. The molecule has 0 fully saturated rings. The molecule has 1 unspecified atom stereocenters. The quantitative estimate of drug-likeness (QED) is 0.111. The molecule has 1 atom stereocenters. The number of ether oxygens (including phenoxy) is 2. The molecule has 0 saturated carbocycles. The van der Waals surface area contributed by atoms with Crippen LogP contribution >= 0.6 is 0 Å². The van der Waals surface area contributed by atoms with Crippen molar-refractivity contribution in [3.63, 3.8) is 0 Å². The van der Waals surface area contributed by atoms with Crippen molar-refractivity contribution in [2.45, 2.75) is 31.5 Å². The number of carbonyl (C=O) groups excluding carboxylic acids is 1. The van der Waals surface area contributed by atoms with E-state index in [0.717, 1.165) is 23.3 Å². The van der Waals surface area contributed by atoms with Crippen molar-refractivity contribution < 1.29 is 33.4 Å². The number of benzene rings is 3. The van der Waals surface area contributed by atoms with Crippen LogP contribution in [0.1, 0.15) is 23.1 Å². The fourth-order valence-corrected chi connectivity index (χ4v) is 4.54. The number of hydrogen-bond donors (Lipinski definition) is 3. The highest BCUT2D eigenvalue weighted by atomic mass is 19.1. The Hall–Kier alpha value is -4.39. The molecule has 0 aliphatic carbocycles. The van der Waals surface area contributed by atoms with Gasteiger partial charge < -0.3 is 14.6 Å². The Morgan fingerprint density at radius 3 is 2.21 bits per heavy atom. The van der Waals surface area contributed by atoms with Gasteiger partial charge in [-0.3, -0.25) is 14.9 Å². The second kappa shape index (κ2) is 14.5. The first kappa shape index (κ1) is 30.6. The van der Waals surface area contributed by atoms with E-state index in [-0.39, 0.29) is 25.1 Å². The Labute approximate surface area is 242 Å². The molecule has 4 rings (SSSR count). The van der Waals surface area contributed by atoms with Gasteiger partial charge in [0.15, 0.2) is 0 Å². The van der Waals surface area contributed by atoms with Crippen LogP contribution in [0, 0.1) is 11.6 Å². The third-order valence-electron chi connectivity index (χ3n) is 6.47. The van der Waals surface area contributed by atoms with Crippen LogP contribution in [0.5, 0.6) is 11.5 Å². The van der Waals surface area contributed by atoms with Gasteiger partial charge >= 0.3 is 0 Å². The zero-order valence-electron chi connectivity index (χ0n) is 23.1. The summed E-state index contributed by atoms with van der Waals surface area (Å²) in [6.45, 7) is 1.34. The maximum atomic E-state index is 14.7. The molecule has 0 aliphatic rings. The van der Waals surface area contributed by atoms with E-state index in [1.807, 2.05) is 29.2 Å². The summed E-state index contributed by atoms with van der Waals surface area (Å²) >= 11 is 0. The van der Waals surface area contributed by atoms with E-state index in [1.165, 1.54) is 23.4 Å². The minimum atomic E-state index is -1.69. The first-order valence-corrected chi connectivity index (χ1v) is 13.3. The molecule has 0 spiro atoms. The number of halogens is 2. The zero-order valence-corrected chi connectivity index (χ0v) is 23.1. The Morgan fingerprint density at radius 2 is 1.64 bits per heavy atom. The monoisotopic (exact) mass is 581 g/mol. The van der Waals surface area contributed by atoms with Crippen molar-refractivity contribution in [2.75, 3.05) is 26.8 Å². The maximum absolute atomic E-state index is 14.7. The summed E-state index contributed by atoms with van der Waals surface area (Å²) in [6.07, 6.45) is 3.49. The highest BCUT2D eigenvalue weighted by Gasteiger charge is 2.34. The molecule has 10 nitrogen and oxygen atoms in total. The lowest BCUT2D eigenvalue weighted by atomic mass is 9.92. The average Bonchev–Trinajstić information content (AvgIpc) is 3.47. The van der Waals surface area contributed by atoms with E-state index < -0.39 is 23.1 Å². The van der Waals surface area contributed by atoms with Gasteiger partial charge in [-0.2, -0.15) is 5.10 Å². The lowest BCUT2D eigenvalue weighted by Crippen LogP contribution is -2.43. The Bertz CT molecular complexity index is 1420. The molecule has 0 saturated heterocycles. The van der Waals surface area contributed by atoms with Crippen molar-refractivity contribution in [2.24, 2.45) is 0 Å². The van der Waals surface area contributed by atoms with Crippen molar-refractivity contribution in [1.82, 2.24) is 25.1 Å². The lowest BCUT2D eigenvalue weighted by molar-refractivity contribution is -0.128. The van der Waals surface area contributed by atoms with E-state index >= 15 is 0 Å². The van der Waals surface area contributed by atoms with Gasteiger partial charge in [0.25, 0.3) is 0 Å². The van der Waals surface area contributed by atoms with Crippen molar-refractivity contribution in [3.05, 3.63) is 108 Å². The number of aromatic nitrogens is 3. The van der Waals surface area contributed by atoms with Crippen molar-refractivity contribution >= 4 is 5.91 Å².